The number of carbonyl (C=O) groups excluding carboxylic acids is 2. The summed E-state index contributed by atoms with van der Waals surface area (Å²) in [7, 11) is 0. The molecule has 0 radical (unpaired) electrons. The summed E-state index contributed by atoms with van der Waals surface area (Å²) in [5.41, 5.74) is 1.68. The van der Waals surface area contributed by atoms with Crippen LogP contribution in [0.2, 0.25) is 0 Å². The van der Waals surface area contributed by atoms with Gasteiger partial charge in [0.2, 0.25) is 5.78 Å². The van der Waals surface area contributed by atoms with Crippen LogP contribution in [0.15, 0.2) is 24.4 Å². The highest BCUT2D eigenvalue weighted by molar-refractivity contribution is 6.53. The Labute approximate surface area is 144 Å². The number of esters is 1. The van der Waals surface area contributed by atoms with Crippen LogP contribution in [0.1, 0.15) is 36.2 Å². The van der Waals surface area contributed by atoms with E-state index in [1.165, 1.54) is 0 Å². The van der Waals surface area contributed by atoms with Crippen molar-refractivity contribution in [2.75, 3.05) is 6.61 Å². The summed E-state index contributed by atoms with van der Waals surface area (Å²) in [6, 6.07) is 5.81. The number of aryl methyl sites for hydroxylation is 1. The van der Waals surface area contributed by atoms with Crippen molar-refractivity contribution >= 4 is 45.9 Å². The minimum Gasteiger partial charge on any atom is -0.457 e. The van der Waals surface area contributed by atoms with Crippen LogP contribution < -0.4 is 0 Å². The van der Waals surface area contributed by atoms with Crippen LogP contribution in [-0.4, -0.2) is 27.7 Å². The number of para-hydroxylation sites is 1. The van der Waals surface area contributed by atoms with Gasteiger partial charge in [0.15, 0.2) is 6.61 Å². The van der Waals surface area contributed by atoms with Gasteiger partial charge in [-0.05, 0) is 18.9 Å². The third kappa shape index (κ3) is 2.64. The lowest BCUT2D eigenvalue weighted by molar-refractivity contribution is -0.148. The highest BCUT2D eigenvalue weighted by Gasteiger charge is 2.69. The van der Waals surface area contributed by atoms with E-state index in [2.05, 4.69) is 11.9 Å². The number of fused-ring (bicyclic) bond motifs is 1. The van der Waals surface area contributed by atoms with Gasteiger partial charge >= 0.3 is 5.97 Å². The Bertz CT molecular complexity index is 796. The molecule has 1 aliphatic rings. The van der Waals surface area contributed by atoms with E-state index in [1.54, 1.807) is 13.1 Å². The number of carbonyl (C=O) groups is 2. The maximum atomic E-state index is 12.4. The molecule has 1 atom stereocenters. The average molecular weight is 354 g/mol. The van der Waals surface area contributed by atoms with Gasteiger partial charge in [-0.25, -0.2) is 0 Å². The molecule has 1 unspecified atom stereocenters. The minimum atomic E-state index is -1.09. The molecular weight excluding hydrogens is 337 g/mol. The van der Waals surface area contributed by atoms with Gasteiger partial charge < -0.3 is 9.72 Å². The number of hydrogen-bond donors (Lipinski definition) is 1. The van der Waals surface area contributed by atoms with Crippen LogP contribution in [0, 0.1) is 5.41 Å². The van der Waals surface area contributed by atoms with Crippen molar-refractivity contribution in [2.24, 2.45) is 5.41 Å². The summed E-state index contributed by atoms with van der Waals surface area (Å²) in [4.78, 5) is 27.5. The standard InChI is InChI=1S/C17H17Cl2NO3/c1-3-10-5-4-6-11-12(7-20-14(10)11)13(21)8-23-15(22)16(2)9-17(16,18)19/h4-7,20H,3,8-9H2,1-2H3. The van der Waals surface area contributed by atoms with Crippen molar-refractivity contribution in [3.05, 3.63) is 35.5 Å². The SMILES string of the molecule is CCc1cccc2c(C(=O)COC(=O)C3(C)CC3(Cl)Cl)c[nH]c12. The summed E-state index contributed by atoms with van der Waals surface area (Å²) in [5, 5.41) is 0.840. The Balaban J connectivity index is 1.74. The van der Waals surface area contributed by atoms with Crippen molar-refractivity contribution in [1.82, 2.24) is 4.98 Å². The van der Waals surface area contributed by atoms with Gasteiger partial charge in [0.25, 0.3) is 0 Å². The Morgan fingerprint density at radius 2 is 2.04 bits per heavy atom. The number of ketones is 1. The molecule has 1 aromatic carbocycles. The summed E-state index contributed by atoms with van der Waals surface area (Å²) < 4.78 is 4.03. The van der Waals surface area contributed by atoms with Gasteiger partial charge in [0, 0.05) is 29.1 Å². The molecule has 1 aliphatic carbocycles. The van der Waals surface area contributed by atoms with E-state index in [-0.39, 0.29) is 12.4 Å². The third-order valence-corrected chi connectivity index (χ3v) is 5.63. The summed E-state index contributed by atoms with van der Waals surface area (Å²) >= 11 is 11.9. The maximum Gasteiger partial charge on any atom is 0.315 e. The van der Waals surface area contributed by atoms with E-state index in [0.717, 1.165) is 22.9 Å². The first-order chi connectivity index (χ1) is 10.8. The van der Waals surface area contributed by atoms with Crippen LogP contribution in [0.3, 0.4) is 0 Å². The number of aromatic amines is 1. The number of H-pyrrole nitrogens is 1. The molecule has 6 heteroatoms. The van der Waals surface area contributed by atoms with E-state index in [1.807, 2.05) is 18.2 Å². The molecule has 0 bridgehead atoms. The predicted molar refractivity (Wildman–Crippen MR) is 90.1 cm³/mol. The molecule has 1 aromatic heterocycles. The topological polar surface area (TPSA) is 59.2 Å². The van der Waals surface area contributed by atoms with Gasteiger partial charge in [0.05, 0.1) is 0 Å². The Kier molecular flexibility index (Phi) is 3.93. The molecule has 1 saturated carbocycles. The molecule has 0 aliphatic heterocycles. The smallest absolute Gasteiger partial charge is 0.315 e. The second-order valence-electron chi connectivity index (χ2n) is 6.11. The summed E-state index contributed by atoms with van der Waals surface area (Å²) in [6.07, 6.45) is 2.86. The maximum absolute atomic E-state index is 12.4. The Morgan fingerprint density at radius 1 is 1.35 bits per heavy atom. The normalized spacial score (nSPS) is 22.1. The van der Waals surface area contributed by atoms with Gasteiger partial charge in [-0.15, -0.1) is 23.2 Å². The van der Waals surface area contributed by atoms with Crippen molar-refractivity contribution in [3.8, 4) is 0 Å². The molecule has 23 heavy (non-hydrogen) atoms. The van der Waals surface area contributed by atoms with E-state index >= 15 is 0 Å². The first-order valence-electron chi connectivity index (χ1n) is 7.47. The van der Waals surface area contributed by atoms with Crippen LogP contribution >= 0.6 is 23.2 Å². The first-order valence-corrected chi connectivity index (χ1v) is 8.23. The molecule has 122 valence electrons. The van der Waals surface area contributed by atoms with Gasteiger partial charge in [-0.2, -0.15) is 0 Å². The van der Waals surface area contributed by atoms with Gasteiger partial charge in [-0.1, -0.05) is 25.1 Å². The average Bonchev–Trinajstić information content (AvgIpc) is 2.88. The number of aromatic nitrogens is 1. The van der Waals surface area contributed by atoms with E-state index in [9.17, 15) is 9.59 Å². The predicted octanol–water partition coefficient (Wildman–Crippen LogP) is 4.04. The van der Waals surface area contributed by atoms with E-state index in [4.69, 9.17) is 27.9 Å². The van der Waals surface area contributed by atoms with Crippen LogP contribution in [0.5, 0.6) is 0 Å². The van der Waals surface area contributed by atoms with Gasteiger partial charge in [0.1, 0.15) is 9.75 Å². The lowest BCUT2D eigenvalue weighted by Gasteiger charge is -2.11. The highest BCUT2D eigenvalue weighted by atomic mass is 35.5. The van der Waals surface area contributed by atoms with Crippen molar-refractivity contribution in [3.63, 3.8) is 0 Å². The molecule has 1 N–H and O–H groups in total. The second-order valence-corrected chi connectivity index (χ2v) is 7.59. The van der Waals surface area contributed by atoms with Crippen LogP contribution in [0.25, 0.3) is 10.9 Å². The fourth-order valence-electron chi connectivity index (χ4n) is 2.73. The number of benzene rings is 1. The van der Waals surface area contributed by atoms with E-state index in [0.29, 0.717) is 12.0 Å². The molecule has 1 heterocycles. The molecule has 0 amide bonds. The van der Waals surface area contributed by atoms with Crippen LogP contribution in [0.4, 0.5) is 0 Å². The molecular formula is C17H17Cl2NO3. The summed E-state index contributed by atoms with van der Waals surface area (Å²) in [6.45, 7) is 3.38. The zero-order chi connectivity index (χ0) is 16.8. The molecule has 2 aromatic rings. The Hall–Kier alpha value is -1.52. The first kappa shape index (κ1) is 16.3. The zero-order valence-electron chi connectivity index (χ0n) is 12.9. The number of Topliss-reactive ketones (excluding diaryl/α,β-unsaturated/α-hetero) is 1. The fraction of sp³-hybridized carbons (Fsp3) is 0.412. The molecule has 1 fully saturated rings. The van der Waals surface area contributed by atoms with Crippen LogP contribution in [-0.2, 0) is 16.0 Å². The number of halogens is 2. The minimum absolute atomic E-state index is 0.253. The molecule has 0 spiro atoms. The number of ether oxygens (including phenoxy) is 1. The van der Waals surface area contributed by atoms with Crippen molar-refractivity contribution in [2.45, 2.75) is 31.0 Å². The molecule has 0 saturated heterocycles. The lowest BCUT2D eigenvalue weighted by atomic mass is 10.1. The molecule has 3 rings (SSSR count). The lowest BCUT2D eigenvalue weighted by Crippen LogP contribution is -2.24. The van der Waals surface area contributed by atoms with E-state index < -0.39 is 15.7 Å². The zero-order valence-corrected chi connectivity index (χ0v) is 14.4. The number of alkyl halides is 2. The number of rotatable bonds is 5. The summed E-state index contributed by atoms with van der Waals surface area (Å²) in [5.74, 6) is -0.790. The monoisotopic (exact) mass is 353 g/mol. The number of hydrogen-bond acceptors (Lipinski definition) is 3. The third-order valence-electron chi connectivity index (χ3n) is 4.53. The number of nitrogens with one attached hydrogen (secondary N) is 1. The second kappa shape index (κ2) is 5.53. The largest absolute Gasteiger partial charge is 0.457 e. The highest BCUT2D eigenvalue weighted by Crippen LogP contribution is 2.64. The molecule has 4 nitrogen and oxygen atoms in total. The van der Waals surface area contributed by atoms with Crippen molar-refractivity contribution in [1.29, 1.82) is 0 Å². The van der Waals surface area contributed by atoms with Gasteiger partial charge in [-0.3, -0.25) is 9.59 Å². The Morgan fingerprint density at radius 3 is 2.65 bits per heavy atom. The van der Waals surface area contributed by atoms with Crippen molar-refractivity contribution < 1.29 is 14.3 Å². The fourth-order valence-corrected chi connectivity index (χ4v) is 3.42. The quantitative estimate of drug-likeness (QED) is 0.501.